The number of nitrogens with zero attached hydrogens (tertiary/aromatic N) is 3. The molecule has 1 N–H and O–H groups in total. The quantitative estimate of drug-likeness (QED) is 0.370. The van der Waals surface area contributed by atoms with E-state index in [0.717, 1.165) is 21.8 Å². The Kier molecular flexibility index (Phi) is 5.65. The predicted octanol–water partition coefficient (Wildman–Crippen LogP) is 5.42. The van der Waals surface area contributed by atoms with E-state index in [0.29, 0.717) is 21.8 Å². The van der Waals surface area contributed by atoms with Crippen molar-refractivity contribution < 1.29 is 14.0 Å². The van der Waals surface area contributed by atoms with Crippen LogP contribution in [0.2, 0.25) is 0 Å². The van der Waals surface area contributed by atoms with Gasteiger partial charge in [-0.15, -0.1) is 10.2 Å². The summed E-state index contributed by atoms with van der Waals surface area (Å²) in [6.07, 6.45) is 1.77. The van der Waals surface area contributed by atoms with Gasteiger partial charge in [0, 0.05) is 10.0 Å². The summed E-state index contributed by atoms with van der Waals surface area (Å²) in [6, 6.07) is 20.6. The van der Waals surface area contributed by atoms with Crippen molar-refractivity contribution in [1.82, 2.24) is 0 Å². The molecule has 0 aromatic heterocycles. The fourth-order valence-electron chi connectivity index (χ4n) is 3.41. The second-order valence-electron chi connectivity index (χ2n) is 7.12. The highest BCUT2D eigenvalue weighted by atomic mass is 79.9. The largest absolute Gasteiger partial charge is 0.320 e. The van der Waals surface area contributed by atoms with E-state index in [1.54, 1.807) is 18.2 Å². The van der Waals surface area contributed by atoms with E-state index in [9.17, 15) is 14.0 Å². The van der Waals surface area contributed by atoms with Crippen molar-refractivity contribution in [3.63, 3.8) is 0 Å². The molecule has 0 atom stereocenters. The molecule has 0 radical (unpaired) electrons. The van der Waals surface area contributed by atoms with Gasteiger partial charge in [0.15, 0.2) is 5.71 Å². The fraction of sp³-hybridized carbons (Fsp3) is 0. The first-order chi connectivity index (χ1) is 16.0. The van der Waals surface area contributed by atoms with Gasteiger partial charge in [0.25, 0.3) is 11.8 Å². The standard InChI is InChI=1S/C24H14BrFN4O2S/c25-15-6-4-5-14(11-15)12-20-23(32)30(17-7-2-1-3-8-17)24(33-20)29-28-21-18-13-16(26)9-10-19(18)27-22(21)31/h1-13H,(H,27,28,31). The minimum Gasteiger partial charge on any atom is -0.320 e. The van der Waals surface area contributed by atoms with Crippen LogP contribution in [0.4, 0.5) is 15.8 Å². The molecule has 1 fully saturated rings. The average Bonchev–Trinajstić information content (AvgIpc) is 3.28. The molecule has 5 rings (SSSR count). The molecule has 1 saturated heterocycles. The zero-order chi connectivity index (χ0) is 22.9. The van der Waals surface area contributed by atoms with E-state index in [1.807, 2.05) is 42.5 Å². The summed E-state index contributed by atoms with van der Waals surface area (Å²) in [5.74, 6) is -1.22. The average molecular weight is 521 g/mol. The maximum Gasteiger partial charge on any atom is 0.276 e. The SMILES string of the molecule is O=C1Nc2ccc(F)cc2C1=NN=C1SC(=Cc2cccc(Br)c2)C(=O)N1c1ccccc1. The minimum absolute atomic E-state index is 0.0116. The smallest absolute Gasteiger partial charge is 0.276 e. The summed E-state index contributed by atoms with van der Waals surface area (Å²) in [5.41, 5.74) is 2.25. The molecule has 3 aromatic rings. The van der Waals surface area contributed by atoms with Gasteiger partial charge in [-0.1, -0.05) is 46.3 Å². The summed E-state index contributed by atoms with van der Waals surface area (Å²) in [4.78, 5) is 27.5. The zero-order valence-corrected chi connectivity index (χ0v) is 19.2. The van der Waals surface area contributed by atoms with Gasteiger partial charge in [-0.3, -0.25) is 14.5 Å². The van der Waals surface area contributed by atoms with E-state index in [1.165, 1.54) is 23.1 Å². The molecule has 0 saturated carbocycles. The second-order valence-corrected chi connectivity index (χ2v) is 9.04. The van der Waals surface area contributed by atoms with Crippen LogP contribution in [0.3, 0.4) is 0 Å². The van der Waals surface area contributed by atoms with Crippen molar-refractivity contribution >= 4 is 67.8 Å². The Bertz CT molecular complexity index is 1390. The molecule has 0 unspecified atom stereocenters. The molecule has 2 amide bonds. The van der Waals surface area contributed by atoms with Gasteiger partial charge in [0.05, 0.1) is 16.3 Å². The first-order valence-electron chi connectivity index (χ1n) is 9.81. The van der Waals surface area contributed by atoms with Gasteiger partial charge in [-0.25, -0.2) is 4.39 Å². The molecule has 0 spiro atoms. The molecule has 2 heterocycles. The van der Waals surface area contributed by atoms with Crippen LogP contribution < -0.4 is 10.2 Å². The zero-order valence-electron chi connectivity index (χ0n) is 16.8. The van der Waals surface area contributed by atoms with Gasteiger partial charge in [-0.05, 0) is 65.9 Å². The summed E-state index contributed by atoms with van der Waals surface area (Å²) in [7, 11) is 0. The molecule has 0 bridgehead atoms. The normalized spacial score (nSPS) is 19.0. The molecule has 3 aromatic carbocycles. The fourth-order valence-corrected chi connectivity index (χ4v) is 4.76. The Hall–Kier alpha value is -3.56. The van der Waals surface area contributed by atoms with Gasteiger partial charge in [-0.2, -0.15) is 0 Å². The van der Waals surface area contributed by atoms with Crippen LogP contribution in [0.15, 0.2) is 92.4 Å². The Labute approximate surface area is 201 Å². The maximum atomic E-state index is 13.7. The molecule has 2 aliphatic rings. The van der Waals surface area contributed by atoms with E-state index in [4.69, 9.17) is 0 Å². The molecular weight excluding hydrogens is 507 g/mol. The van der Waals surface area contributed by atoms with Crippen molar-refractivity contribution in [3.05, 3.63) is 99.1 Å². The third-order valence-electron chi connectivity index (χ3n) is 4.90. The van der Waals surface area contributed by atoms with Crippen LogP contribution in [0.1, 0.15) is 11.1 Å². The summed E-state index contributed by atoms with van der Waals surface area (Å²) >= 11 is 4.59. The lowest BCUT2D eigenvalue weighted by atomic mass is 10.1. The van der Waals surface area contributed by atoms with E-state index < -0.39 is 11.7 Å². The Balaban J connectivity index is 1.57. The van der Waals surface area contributed by atoms with Gasteiger partial charge < -0.3 is 5.32 Å². The molecule has 2 aliphatic heterocycles. The first kappa shape index (κ1) is 21.3. The molecule has 6 nitrogen and oxygen atoms in total. The maximum absolute atomic E-state index is 13.7. The van der Waals surface area contributed by atoms with Crippen LogP contribution in [-0.2, 0) is 9.59 Å². The van der Waals surface area contributed by atoms with Crippen LogP contribution in [0.5, 0.6) is 0 Å². The number of hydrogen-bond donors (Lipinski definition) is 1. The number of benzene rings is 3. The molecule has 33 heavy (non-hydrogen) atoms. The van der Waals surface area contributed by atoms with Crippen molar-refractivity contribution in [2.45, 2.75) is 0 Å². The number of rotatable bonds is 3. The second kappa shape index (κ2) is 8.76. The highest BCUT2D eigenvalue weighted by Gasteiger charge is 2.35. The lowest BCUT2D eigenvalue weighted by molar-refractivity contribution is -0.113. The Morgan fingerprint density at radius 3 is 2.58 bits per heavy atom. The molecular formula is C24H14BrFN4O2S. The van der Waals surface area contributed by atoms with Crippen LogP contribution >= 0.6 is 27.7 Å². The third kappa shape index (κ3) is 4.24. The number of hydrogen-bond acceptors (Lipinski definition) is 5. The lowest BCUT2D eigenvalue weighted by Crippen LogP contribution is -2.28. The number of amidine groups is 1. The number of nitrogens with one attached hydrogen (secondary N) is 1. The minimum atomic E-state index is -0.485. The number of halogens is 2. The predicted molar refractivity (Wildman–Crippen MR) is 133 cm³/mol. The number of anilines is 2. The summed E-state index contributed by atoms with van der Waals surface area (Å²) < 4.78 is 14.6. The van der Waals surface area contributed by atoms with Crippen molar-refractivity contribution in [2.75, 3.05) is 10.2 Å². The number of amides is 2. The third-order valence-corrected chi connectivity index (χ3v) is 6.36. The van der Waals surface area contributed by atoms with Gasteiger partial charge in [0.1, 0.15) is 5.82 Å². The van der Waals surface area contributed by atoms with Crippen LogP contribution in [0, 0.1) is 5.82 Å². The lowest BCUT2D eigenvalue weighted by Gasteiger charge is -2.14. The number of carbonyl (C=O) groups excluding carboxylic acids is 2. The van der Waals surface area contributed by atoms with Gasteiger partial charge >= 0.3 is 0 Å². The van der Waals surface area contributed by atoms with Crippen LogP contribution in [0.25, 0.3) is 6.08 Å². The summed E-state index contributed by atoms with van der Waals surface area (Å²) in [6.45, 7) is 0. The van der Waals surface area contributed by atoms with E-state index in [-0.39, 0.29) is 16.8 Å². The Morgan fingerprint density at radius 1 is 0.970 bits per heavy atom. The van der Waals surface area contributed by atoms with E-state index >= 15 is 0 Å². The van der Waals surface area contributed by atoms with Crippen molar-refractivity contribution in [3.8, 4) is 0 Å². The Morgan fingerprint density at radius 2 is 1.79 bits per heavy atom. The molecule has 0 aliphatic carbocycles. The highest BCUT2D eigenvalue weighted by molar-refractivity contribution is 9.10. The monoisotopic (exact) mass is 520 g/mol. The molecule has 9 heteroatoms. The number of para-hydroxylation sites is 1. The van der Waals surface area contributed by atoms with Crippen molar-refractivity contribution in [2.24, 2.45) is 10.2 Å². The van der Waals surface area contributed by atoms with Crippen molar-refractivity contribution in [1.29, 1.82) is 0 Å². The number of thioether (sulfide) groups is 1. The number of carbonyl (C=O) groups is 2. The van der Waals surface area contributed by atoms with Crippen LogP contribution in [-0.4, -0.2) is 22.7 Å². The first-order valence-corrected chi connectivity index (χ1v) is 11.4. The highest BCUT2D eigenvalue weighted by Crippen LogP contribution is 2.36. The van der Waals surface area contributed by atoms with E-state index in [2.05, 4.69) is 31.4 Å². The summed E-state index contributed by atoms with van der Waals surface area (Å²) in [5, 5.41) is 11.3. The topological polar surface area (TPSA) is 74.1 Å². The number of fused-ring (bicyclic) bond motifs is 1. The van der Waals surface area contributed by atoms with Gasteiger partial charge in [0.2, 0.25) is 5.17 Å². The molecule has 162 valence electrons.